The maximum Gasteiger partial charge on any atom is 0.227 e. The van der Waals surface area contributed by atoms with E-state index in [0.29, 0.717) is 19.5 Å². The molecule has 0 aromatic rings. The van der Waals surface area contributed by atoms with Crippen LogP contribution in [0.2, 0.25) is 0 Å². The average Bonchev–Trinajstić information content (AvgIpc) is 2.77. The Balaban J connectivity index is 2.05. The zero-order valence-corrected chi connectivity index (χ0v) is 11.9. The van der Waals surface area contributed by atoms with Gasteiger partial charge in [0, 0.05) is 26.7 Å². The molecule has 0 saturated carbocycles. The number of hydrogen-bond acceptors (Lipinski definition) is 3. The Labute approximate surface area is 109 Å². The van der Waals surface area contributed by atoms with E-state index in [4.69, 9.17) is 0 Å². The van der Waals surface area contributed by atoms with E-state index in [1.165, 1.54) is 4.31 Å². The first-order valence-electron chi connectivity index (χ1n) is 6.68. The molecule has 18 heavy (non-hydrogen) atoms. The smallest absolute Gasteiger partial charge is 0.227 e. The fourth-order valence-electron chi connectivity index (χ4n) is 2.84. The van der Waals surface area contributed by atoms with Crippen molar-refractivity contribution in [2.75, 3.05) is 32.4 Å². The maximum absolute atomic E-state index is 12.1. The van der Waals surface area contributed by atoms with Gasteiger partial charge in [-0.2, -0.15) is 0 Å². The predicted octanol–water partition coefficient (Wildman–Crippen LogP) is 0.526. The number of nitrogens with zero attached hydrogens (tertiary/aromatic N) is 2. The lowest BCUT2D eigenvalue weighted by atomic mass is 9.88. The number of carbonyl (C=O) groups is 1. The van der Waals surface area contributed by atoms with Crippen molar-refractivity contribution in [3.63, 3.8) is 0 Å². The lowest BCUT2D eigenvalue weighted by Gasteiger charge is -2.30. The number of likely N-dealkylation sites (tertiary alicyclic amines) is 1. The van der Waals surface area contributed by atoms with Crippen LogP contribution in [0.3, 0.4) is 0 Å². The summed E-state index contributed by atoms with van der Waals surface area (Å²) in [7, 11) is -1.36. The van der Waals surface area contributed by atoms with Crippen molar-refractivity contribution in [1.29, 1.82) is 0 Å². The Hall–Kier alpha value is -0.620. The molecular formula is C12H22N2O3S. The molecule has 2 fully saturated rings. The number of hydrogen-bond donors (Lipinski definition) is 0. The van der Waals surface area contributed by atoms with Crippen LogP contribution in [0.15, 0.2) is 0 Å². The van der Waals surface area contributed by atoms with Gasteiger partial charge in [-0.25, -0.2) is 12.7 Å². The molecule has 1 amide bonds. The van der Waals surface area contributed by atoms with Crippen LogP contribution in [-0.2, 0) is 14.8 Å². The second-order valence-corrected chi connectivity index (χ2v) is 7.49. The van der Waals surface area contributed by atoms with Crippen molar-refractivity contribution in [3.8, 4) is 0 Å². The molecule has 2 heterocycles. The summed E-state index contributed by atoms with van der Waals surface area (Å²) in [5.74, 6) is 0.442. The highest BCUT2D eigenvalue weighted by Gasteiger charge is 2.44. The lowest BCUT2D eigenvalue weighted by molar-refractivity contribution is -0.137. The van der Waals surface area contributed by atoms with Gasteiger partial charge in [0.1, 0.15) is 0 Å². The zero-order chi connectivity index (χ0) is 13.3. The van der Waals surface area contributed by atoms with Crippen LogP contribution < -0.4 is 0 Å². The van der Waals surface area contributed by atoms with Crippen molar-refractivity contribution in [2.45, 2.75) is 26.2 Å². The molecule has 5 nitrogen and oxygen atoms in total. The van der Waals surface area contributed by atoms with E-state index in [9.17, 15) is 13.2 Å². The van der Waals surface area contributed by atoms with Crippen molar-refractivity contribution in [1.82, 2.24) is 9.21 Å². The average molecular weight is 274 g/mol. The molecule has 0 aliphatic carbocycles. The quantitative estimate of drug-likeness (QED) is 0.751. The van der Waals surface area contributed by atoms with Crippen LogP contribution in [0.1, 0.15) is 26.2 Å². The minimum atomic E-state index is -3.16. The highest BCUT2D eigenvalue weighted by Crippen LogP contribution is 2.33. The largest absolute Gasteiger partial charge is 0.345 e. The first-order chi connectivity index (χ1) is 8.45. The number of unbranched alkanes of at least 4 members (excludes halogenated alkanes) is 1. The van der Waals surface area contributed by atoms with Crippen LogP contribution in [-0.4, -0.2) is 56.0 Å². The summed E-state index contributed by atoms with van der Waals surface area (Å²) in [4.78, 5) is 13.7. The van der Waals surface area contributed by atoms with Gasteiger partial charge in [0.25, 0.3) is 0 Å². The fourth-order valence-corrected chi connectivity index (χ4v) is 4.56. The Morgan fingerprint density at radius 1 is 1.33 bits per heavy atom. The number of piperidine rings is 1. The Morgan fingerprint density at radius 3 is 2.72 bits per heavy atom. The maximum atomic E-state index is 12.1. The summed E-state index contributed by atoms with van der Waals surface area (Å²) < 4.78 is 25.8. The van der Waals surface area contributed by atoms with Gasteiger partial charge >= 0.3 is 0 Å². The molecule has 0 spiro atoms. The van der Waals surface area contributed by atoms with E-state index in [-0.39, 0.29) is 23.5 Å². The Morgan fingerprint density at radius 2 is 2.06 bits per heavy atom. The molecule has 0 radical (unpaired) electrons. The highest BCUT2D eigenvalue weighted by atomic mass is 32.2. The molecule has 0 unspecified atom stereocenters. The van der Waals surface area contributed by atoms with Gasteiger partial charge in [-0.05, 0) is 18.8 Å². The van der Waals surface area contributed by atoms with Crippen LogP contribution in [0.25, 0.3) is 0 Å². The van der Waals surface area contributed by atoms with Crippen LogP contribution in [0, 0.1) is 11.8 Å². The van der Waals surface area contributed by atoms with E-state index < -0.39 is 10.0 Å². The molecule has 2 atom stereocenters. The first kappa shape index (κ1) is 13.8. The van der Waals surface area contributed by atoms with E-state index in [0.717, 1.165) is 19.4 Å². The lowest BCUT2D eigenvalue weighted by Crippen LogP contribution is -2.42. The van der Waals surface area contributed by atoms with E-state index in [2.05, 4.69) is 0 Å². The van der Waals surface area contributed by atoms with Gasteiger partial charge in [0.05, 0.1) is 11.7 Å². The second kappa shape index (κ2) is 5.17. The molecule has 0 N–H and O–H groups in total. The van der Waals surface area contributed by atoms with Crippen molar-refractivity contribution in [3.05, 3.63) is 0 Å². The number of carbonyl (C=O) groups excluding carboxylic acids is 1. The molecule has 2 aliphatic rings. The van der Waals surface area contributed by atoms with Gasteiger partial charge < -0.3 is 4.90 Å². The van der Waals surface area contributed by atoms with Gasteiger partial charge in [0.15, 0.2) is 0 Å². The van der Waals surface area contributed by atoms with Crippen molar-refractivity contribution >= 4 is 15.9 Å². The van der Waals surface area contributed by atoms with Crippen LogP contribution >= 0.6 is 0 Å². The van der Waals surface area contributed by atoms with E-state index >= 15 is 0 Å². The van der Waals surface area contributed by atoms with Gasteiger partial charge in [-0.15, -0.1) is 0 Å². The van der Waals surface area contributed by atoms with Crippen molar-refractivity contribution < 1.29 is 13.2 Å². The summed E-state index contributed by atoms with van der Waals surface area (Å²) in [5, 5.41) is 0. The molecule has 0 aromatic heterocycles. The number of fused-ring (bicyclic) bond motifs is 1. The summed E-state index contributed by atoms with van der Waals surface area (Å²) in [5.41, 5.74) is 0. The van der Waals surface area contributed by atoms with E-state index in [1.54, 1.807) is 11.9 Å². The third kappa shape index (κ3) is 2.54. The Kier molecular flexibility index (Phi) is 3.96. The number of amides is 1. The summed E-state index contributed by atoms with van der Waals surface area (Å²) >= 11 is 0. The molecule has 104 valence electrons. The molecule has 0 aromatic carbocycles. The molecule has 6 heteroatoms. The summed E-state index contributed by atoms with van der Waals surface area (Å²) in [6, 6.07) is 0. The van der Waals surface area contributed by atoms with Crippen molar-refractivity contribution in [2.24, 2.45) is 11.8 Å². The SMILES string of the molecule is CCCCS(=O)(=O)N1C[C@H]2CCN(C)C(=O)[C@H]2C1. The topological polar surface area (TPSA) is 57.7 Å². The number of rotatable bonds is 4. The normalized spacial score (nSPS) is 29.7. The van der Waals surface area contributed by atoms with Crippen LogP contribution in [0.5, 0.6) is 0 Å². The minimum absolute atomic E-state index is 0.111. The molecule has 2 aliphatic heterocycles. The van der Waals surface area contributed by atoms with Gasteiger partial charge in [0.2, 0.25) is 15.9 Å². The van der Waals surface area contributed by atoms with Gasteiger partial charge in [-0.3, -0.25) is 4.79 Å². The molecule has 2 rings (SSSR count). The molecule has 0 bridgehead atoms. The zero-order valence-electron chi connectivity index (χ0n) is 11.1. The number of sulfonamides is 1. The second-order valence-electron chi connectivity index (χ2n) is 5.40. The fraction of sp³-hybridized carbons (Fsp3) is 0.917. The van der Waals surface area contributed by atoms with Gasteiger partial charge in [-0.1, -0.05) is 13.3 Å². The molecular weight excluding hydrogens is 252 g/mol. The summed E-state index contributed by atoms with van der Waals surface area (Å²) in [6.45, 7) is 3.66. The minimum Gasteiger partial charge on any atom is -0.345 e. The highest BCUT2D eigenvalue weighted by molar-refractivity contribution is 7.89. The predicted molar refractivity (Wildman–Crippen MR) is 69.5 cm³/mol. The third-order valence-electron chi connectivity index (χ3n) is 4.09. The first-order valence-corrected chi connectivity index (χ1v) is 8.29. The monoisotopic (exact) mass is 274 g/mol. The standard InChI is InChI=1S/C12H22N2O3S/c1-3-4-7-18(16,17)14-8-10-5-6-13(2)12(15)11(10)9-14/h10-11H,3-9H2,1-2H3/t10-,11+/m1/s1. The van der Waals surface area contributed by atoms with Crippen LogP contribution in [0.4, 0.5) is 0 Å². The van der Waals surface area contributed by atoms with E-state index in [1.807, 2.05) is 6.92 Å². The summed E-state index contributed by atoms with van der Waals surface area (Å²) in [6.07, 6.45) is 2.50. The molecule has 2 saturated heterocycles. The Bertz CT molecular complexity index is 421. The third-order valence-corrected chi connectivity index (χ3v) is 5.97.